The molecule has 2 amide bonds. The van der Waals surface area contributed by atoms with Crippen molar-refractivity contribution in [3.8, 4) is 0 Å². The molecule has 0 saturated carbocycles. The van der Waals surface area contributed by atoms with Crippen molar-refractivity contribution >= 4 is 11.8 Å². The van der Waals surface area contributed by atoms with Gasteiger partial charge in [-0.05, 0) is 36.3 Å². The number of nitrogens with zero attached hydrogens (tertiary/aromatic N) is 1. The quantitative estimate of drug-likeness (QED) is 0.889. The van der Waals surface area contributed by atoms with Crippen molar-refractivity contribution in [3.63, 3.8) is 0 Å². The predicted octanol–water partition coefficient (Wildman–Crippen LogP) is 1.98. The van der Waals surface area contributed by atoms with Crippen LogP contribution >= 0.6 is 0 Å². The zero-order chi connectivity index (χ0) is 17.9. The molecular weight excluding hydrogens is 304 g/mol. The van der Waals surface area contributed by atoms with Gasteiger partial charge in [-0.25, -0.2) is 0 Å². The Morgan fingerprint density at radius 2 is 1.96 bits per heavy atom. The van der Waals surface area contributed by atoms with Crippen molar-refractivity contribution in [1.82, 2.24) is 10.2 Å². The second-order valence-electron chi connectivity index (χ2n) is 7.67. The number of piperidine rings is 1. The standard InChI is InChI=1S/C19H28N2O3/c1-13-7-5-6-8-14(13)18(24)20-11-17(23)21-10-9-15(16(22)12-21)19(2,3)4/h5-8,15-16,22H,9-12H2,1-4H3,(H,20,24)/t15-,16-/m0/s1. The van der Waals surface area contributed by atoms with Crippen molar-refractivity contribution in [3.05, 3.63) is 35.4 Å². The lowest BCUT2D eigenvalue weighted by Crippen LogP contribution is -2.52. The summed E-state index contributed by atoms with van der Waals surface area (Å²) >= 11 is 0. The van der Waals surface area contributed by atoms with E-state index in [1.165, 1.54) is 0 Å². The molecule has 1 aliphatic heterocycles. The van der Waals surface area contributed by atoms with Gasteiger partial charge in [-0.15, -0.1) is 0 Å². The van der Waals surface area contributed by atoms with E-state index in [-0.39, 0.29) is 29.7 Å². The van der Waals surface area contributed by atoms with Gasteiger partial charge in [-0.3, -0.25) is 9.59 Å². The Morgan fingerprint density at radius 3 is 2.54 bits per heavy atom. The van der Waals surface area contributed by atoms with Crippen molar-refractivity contribution < 1.29 is 14.7 Å². The normalized spacial score (nSPS) is 21.5. The number of hydrogen-bond donors (Lipinski definition) is 2. The largest absolute Gasteiger partial charge is 0.391 e. The van der Waals surface area contributed by atoms with Crippen LogP contribution in [0.1, 0.15) is 43.1 Å². The van der Waals surface area contributed by atoms with E-state index < -0.39 is 6.10 Å². The maximum atomic E-state index is 12.3. The van der Waals surface area contributed by atoms with E-state index in [1.54, 1.807) is 17.0 Å². The van der Waals surface area contributed by atoms with Crippen LogP contribution in [-0.2, 0) is 4.79 Å². The van der Waals surface area contributed by atoms with Crippen LogP contribution in [0.2, 0.25) is 0 Å². The Morgan fingerprint density at radius 1 is 1.29 bits per heavy atom. The third kappa shape index (κ3) is 4.35. The highest BCUT2D eigenvalue weighted by molar-refractivity contribution is 5.97. The van der Waals surface area contributed by atoms with Crippen molar-refractivity contribution in [2.45, 2.75) is 40.2 Å². The van der Waals surface area contributed by atoms with E-state index >= 15 is 0 Å². The molecule has 2 rings (SSSR count). The van der Waals surface area contributed by atoms with Crippen LogP contribution in [0.5, 0.6) is 0 Å². The number of aliphatic hydroxyl groups is 1. The summed E-state index contributed by atoms with van der Waals surface area (Å²) in [6, 6.07) is 7.29. The van der Waals surface area contributed by atoms with E-state index in [9.17, 15) is 14.7 Å². The summed E-state index contributed by atoms with van der Waals surface area (Å²) in [6.45, 7) is 9.12. The molecule has 1 aromatic carbocycles. The lowest BCUT2D eigenvalue weighted by molar-refractivity contribution is -0.136. The number of nitrogens with one attached hydrogen (secondary N) is 1. The molecule has 1 fully saturated rings. The summed E-state index contributed by atoms with van der Waals surface area (Å²) in [7, 11) is 0. The number of amides is 2. The van der Waals surface area contributed by atoms with E-state index in [4.69, 9.17) is 0 Å². The second kappa shape index (κ2) is 7.34. The first-order chi connectivity index (χ1) is 11.2. The summed E-state index contributed by atoms with van der Waals surface area (Å²) in [5, 5.41) is 13.0. The lowest BCUT2D eigenvalue weighted by Gasteiger charge is -2.42. The number of likely N-dealkylation sites (tertiary alicyclic amines) is 1. The lowest BCUT2D eigenvalue weighted by atomic mass is 9.73. The van der Waals surface area contributed by atoms with Crippen LogP contribution in [0, 0.1) is 18.3 Å². The Bertz CT molecular complexity index is 607. The smallest absolute Gasteiger partial charge is 0.251 e. The number of benzene rings is 1. The topological polar surface area (TPSA) is 69.6 Å². The third-order valence-corrected chi connectivity index (χ3v) is 4.84. The van der Waals surface area contributed by atoms with E-state index in [1.807, 2.05) is 19.1 Å². The van der Waals surface area contributed by atoms with Gasteiger partial charge in [0.2, 0.25) is 5.91 Å². The summed E-state index contributed by atoms with van der Waals surface area (Å²) in [5.74, 6) is -0.210. The molecule has 0 unspecified atom stereocenters. The first-order valence-electron chi connectivity index (χ1n) is 8.50. The second-order valence-corrected chi connectivity index (χ2v) is 7.67. The molecule has 1 heterocycles. The van der Waals surface area contributed by atoms with Gasteiger partial charge in [0, 0.05) is 18.7 Å². The number of aryl methyl sites for hydroxylation is 1. The molecule has 0 radical (unpaired) electrons. The first kappa shape index (κ1) is 18.5. The highest BCUT2D eigenvalue weighted by Gasteiger charge is 2.36. The summed E-state index contributed by atoms with van der Waals surface area (Å²) in [5.41, 5.74) is 1.48. The molecular formula is C19H28N2O3. The minimum absolute atomic E-state index is 0.0214. The first-order valence-corrected chi connectivity index (χ1v) is 8.50. The van der Waals surface area contributed by atoms with Crippen LogP contribution < -0.4 is 5.32 Å². The van der Waals surface area contributed by atoms with E-state index in [0.29, 0.717) is 18.7 Å². The third-order valence-electron chi connectivity index (χ3n) is 4.84. The van der Waals surface area contributed by atoms with E-state index in [0.717, 1.165) is 12.0 Å². The monoisotopic (exact) mass is 332 g/mol. The van der Waals surface area contributed by atoms with Crippen LogP contribution in [0.4, 0.5) is 0 Å². The van der Waals surface area contributed by atoms with Gasteiger partial charge >= 0.3 is 0 Å². The maximum Gasteiger partial charge on any atom is 0.251 e. The van der Waals surface area contributed by atoms with E-state index in [2.05, 4.69) is 26.1 Å². The van der Waals surface area contributed by atoms with Gasteiger partial charge in [0.05, 0.1) is 12.6 Å². The molecule has 132 valence electrons. The summed E-state index contributed by atoms with van der Waals surface area (Å²) in [4.78, 5) is 26.1. The van der Waals surface area contributed by atoms with Gasteiger partial charge in [0.15, 0.2) is 0 Å². The Hall–Kier alpha value is -1.88. The highest BCUT2D eigenvalue weighted by atomic mass is 16.3. The van der Waals surface area contributed by atoms with Crippen molar-refractivity contribution in [2.24, 2.45) is 11.3 Å². The maximum absolute atomic E-state index is 12.3. The number of carbonyl (C=O) groups excluding carboxylic acids is 2. The number of carbonyl (C=O) groups is 2. The molecule has 1 aromatic rings. The van der Waals surface area contributed by atoms with Crippen LogP contribution in [-0.4, -0.2) is 47.6 Å². The number of β-amino-alcohol motifs (C(OH)–C–C–N with tert-alkyl or cyclic N) is 1. The van der Waals surface area contributed by atoms with Gasteiger partial charge in [0.25, 0.3) is 5.91 Å². The number of aliphatic hydroxyl groups excluding tert-OH is 1. The van der Waals surface area contributed by atoms with Crippen LogP contribution in [0.3, 0.4) is 0 Å². The molecule has 0 spiro atoms. The Balaban J connectivity index is 1.88. The molecule has 5 nitrogen and oxygen atoms in total. The molecule has 2 atom stereocenters. The average molecular weight is 332 g/mol. The molecule has 24 heavy (non-hydrogen) atoms. The molecule has 0 aliphatic carbocycles. The van der Waals surface area contributed by atoms with Gasteiger partial charge in [0.1, 0.15) is 0 Å². The minimum atomic E-state index is -0.519. The minimum Gasteiger partial charge on any atom is -0.391 e. The molecule has 2 N–H and O–H groups in total. The fraction of sp³-hybridized carbons (Fsp3) is 0.579. The zero-order valence-corrected chi connectivity index (χ0v) is 15.0. The highest BCUT2D eigenvalue weighted by Crippen LogP contribution is 2.34. The van der Waals surface area contributed by atoms with Crippen LogP contribution in [0.25, 0.3) is 0 Å². The molecule has 1 saturated heterocycles. The Labute approximate surface area is 144 Å². The molecule has 0 aromatic heterocycles. The fourth-order valence-electron chi connectivity index (χ4n) is 3.36. The Kier molecular flexibility index (Phi) is 5.65. The fourth-order valence-corrected chi connectivity index (χ4v) is 3.36. The number of hydrogen-bond acceptors (Lipinski definition) is 3. The van der Waals surface area contributed by atoms with Crippen LogP contribution in [0.15, 0.2) is 24.3 Å². The predicted molar refractivity (Wildman–Crippen MR) is 93.7 cm³/mol. The summed E-state index contributed by atoms with van der Waals surface area (Å²) < 4.78 is 0. The number of rotatable bonds is 3. The van der Waals surface area contributed by atoms with Gasteiger partial charge in [-0.1, -0.05) is 39.0 Å². The molecule has 0 bridgehead atoms. The zero-order valence-electron chi connectivity index (χ0n) is 15.0. The molecule has 5 heteroatoms. The summed E-state index contributed by atoms with van der Waals surface area (Å²) in [6.07, 6.45) is 0.261. The SMILES string of the molecule is Cc1ccccc1C(=O)NCC(=O)N1CC[C@H](C(C)(C)C)[C@@H](O)C1. The average Bonchev–Trinajstić information content (AvgIpc) is 2.51. The van der Waals surface area contributed by atoms with Crippen molar-refractivity contribution in [2.75, 3.05) is 19.6 Å². The van der Waals surface area contributed by atoms with Gasteiger partial charge < -0.3 is 15.3 Å². The molecule has 1 aliphatic rings. The van der Waals surface area contributed by atoms with Crippen molar-refractivity contribution in [1.29, 1.82) is 0 Å². The van der Waals surface area contributed by atoms with Gasteiger partial charge in [-0.2, -0.15) is 0 Å².